The third kappa shape index (κ3) is 3.10. The van der Waals surface area contributed by atoms with Crippen LogP contribution in [-0.4, -0.2) is 19.3 Å². The molecule has 1 N–H and O–H groups in total. The van der Waals surface area contributed by atoms with Crippen LogP contribution in [0, 0.1) is 11.8 Å². The third-order valence-corrected chi connectivity index (χ3v) is 3.58. The van der Waals surface area contributed by atoms with E-state index in [1.54, 1.807) is 0 Å². The van der Waals surface area contributed by atoms with Crippen LogP contribution in [0.1, 0.15) is 39.0 Å². The fraction of sp³-hybridized carbons (Fsp3) is 1.00. The minimum Gasteiger partial charge on any atom is -0.309 e. The van der Waals surface area contributed by atoms with Crippen molar-refractivity contribution in [2.24, 2.45) is 11.8 Å². The van der Waals surface area contributed by atoms with Crippen LogP contribution in [0.15, 0.2) is 0 Å². The third-order valence-electron chi connectivity index (χ3n) is 3.58. The zero-order valence-corrected chi connectivity index (χ0v) is 9.40. The van der Waals surface area contributed by atoms with Gasteiger partial charge in [0, 0.05) is 0 Å². The molecule has 1 aliphatic rings. The van der Waals surface area contributed by atoms with Gasteiger partial charge in [0.15, 0.2) is 0 Å². The Morgan fingerprint density at radius 3 is 2.33 bits per heavy atom. The lowest BCUT2D eigenvalue weighted by Crippen LogP contribution is -2.49. The van der Waals surface area contributed by atoms with E-state index < -0.39 is 12.2 Å². The van der Waals surface area contributed by atoms with Crippen molar-refractivity contribution in [3.63, 3.8) is 0 Å². The summed E-state index contributed by atoms with van der Waals surface area (Å²) >= 11 is 0. The van der Waals surface area contributed by atoms with Gasteiger partial charge in [-0.25, -0.2) is 0 Å². The fourth-order valence-corrected chi connectivity index (χ4v) is 2.80. The zero-order valence-electron chi connectivity index (χ0n) is 9.40. The summed E-state index contributed by atoms with van der Waals surface area (Å²) in [5.74, 6) is 0.00609. The first-order valence-corrected chi connectivity index (χ1v) is 5.74. The van der Waals surface area contributed by atoms with Gasteiger partial charge in [-0.05, 0) is 25.3 Å². The summed E-state index contributed by atoms with van der Waals surface area (Å²) in [6.45, 7) is 1.99. The maximum atomic E-state index is 12.8. The molecular weight excluding hydrogens is 203 g/mol. The largest absolute Gasteiger partial charge is 0.404 e. The Kier molecular flexibility index (Phi) is 4.44. The highest BCUT2D eigenvalue weighted by Crippen LogP contribution is 2.39. The van der Waals surface area contributed by atoms with E-state index in [4.69, 9.17) is 0 Å². The van der Waals surface area contributed by atoms with Crippen molar-refractivity contribution in [2.45, 2.75) is 51.2 Å². The summed E-state index contributed by atoms with van der Waals surface area (Å²) in [6.07, 6.45) is 0.445. The van der Waals surface area contributed by atoms with Gasteiger partial charge >= 0.3 is 6.18 Å². The number of nitrogens with one attached hydrogen (secondary N) is 1. The van der Waals surface area contributed by atoms with Crippen molar-refractivity contribution in [1.29, 1.82) is 0 Å². The van der Waals surface area contributed by atoms with Crippen molar-refractivity contribution in [1.82, 2.24) is 5.32 Å². The molecule has 0 aliphatic heterocycles. The Hall–Kier alpha value is -0.250. The number of halogens is 3. The second-order valence-electron chi connectivity index (χ2n) is 4.42. The number of rotatable bonds is 3. The summed E-state index contributed by atoms with van der Waals surface area (Å²) in [7, 11) is 1.42. The van der Waals surface area contributed by atoms with E-state index in [1.807, 2.05) is 6.92 Å². The Morgan fingerprint density at radius 2 is 1.87 bits per heavy atom. The molecule has 0 spiro atoms. The maximum Gasteiger partial charge on any atom is 0.404 e. The first-order chi connectivity index (χ1) is 7.00. The standard InChI is InChI=1S/C11H20F3N/c1-3-8-6-4-5-7-9(8)10(15-2)11(12,13)14/h8-10,15H,3-7H2,1-2H3. The number of hydrogen-bond acceptors (Lipinski definition) is 1. The normalized spacial score (nSPS) is 30.2. The lowest BCUT2D eigenvalue weighted by atomic mass is 9.74. The highest BCUT2D eigenvalue weighted by atomic mass is 19.4. The predicted octanol–water partition coefficient (Wildman–Crippen LogP) is 3.35. The Bertz CT molecular complexity index is 191. The predicted molar refractivity (Wildman–Crippen MR) is 54.6 cm³/mol. The smallest absolute Gasteiger partial charge is 0.309 e. The van der Waals surface area contributed by atoms with E-state index >= 15 is 0 Å². The lowest BCUT2D eigenvalue weighted by Gasteiger charge is -2.37. The van der Waals surface area contributed by atoms with E-state index in [9.17, 15) is 13.2 Å². The lowest BCUT2D eigenvalue weighted by molar-refractivity contribution is -0.173. The van der Waals surface area contributed by atoms with Gasteiger partial charge < -0.3 is 5.32 Å². The maximum absolute atomic E-state index is 12.8. The summed E-state index contributed by atoms with van der Waals surface area (Å²) in [5, 5.41) is 2.45. The molecule has 0 aromatic carbocycles. The molecule has 1 aliphatic carbocycles. The van der Waals surface area contributed by atoms with Crippen molar-refractivity contribution >= 4 is 0 Å². The Labute approximate surface area is 89.4 Å². The molecule has 1 saturated carbocycles. The van der Waals surface area contributed by atoms with Gasteiger partial charge in [-0.3, -0.25) is 0 Å². The first kappa shape index (κ1) is 12.8. The van der Waals surface area contributed by atoms with Crippen molar-refractivity contribution < 1.29 is 13.2 Å². The highest BCUT2D eigenvalue weighted by molar-refractivity contribution is 4.88. The van der Waals surface area contributed by atoms with Gasteiger partial charge in [0.25, 0.3) is 0 Å². The average molecular weight is 223 g/mol. The summed E-state index contributed by atoms with van der Waals surface area (Å²) in [6, 6.07) is -1.32. The van der Waals surface area contributed by atoms with E-state index in [0.717, 1.165) is 25.7 Å². The SMILES string of the molecule is CCC1CCCCC1C(NC)C(F)(F)F. The highest BCUT2D eigenvalue weighted by Gasteiger charge is 2.46. The van der Waals surface area contributed by atoms with E-state index in [0.29, 0.717) is 6.42 Å². The molecule has 15 heavy (non-hydrogen) atoms. The first-order valence-electron chi connectivity index (χ1n) is 5.74. The Balaban J connectivity index is 2.72. The molecule has 0 radical (unpaired) electrons. The van der Waals surface area contributed by atoms with Crippen LogP contribution in [0.5, 0.6) is 0 Å². The van der Waals surface area contributed by atoms with Gasteiger partial charge in [0.1, 0.15) is 6.04 Å². The van der Waals surface area contributed by atoms with Crippen LogP contribution >= 0.6 is 0 Å². The van der Waals surface area contributed by atoms with E-state index in [-0.39, 0.29) is 11.8 Å². The van der Waals surface area contributed by atoms with Gasteiger partial charge in [0.05, 0.1) is 0 Å². The van der Waals surface area contributed by atoms with Crippen LogP contribution < -0.4 is 5.32 Å². The molecule has 1 fully saturated rings. The molecule has 3 unspecified atom stereocenters. The van der Waals surface area contributed by atoms with Crippen LogP contribution in [0.2, 0.25) is 0 Å². The van der Waals surface area contributed by atoms with Gasteiger partial charge in [-0.1, -0.05) is 32.6 Å². The van der Waals surface area contributed by atoms with Gasteiger partial charge in [-0.2, -0.15) is 13.2 Å². The molecule has 0 aromatic rings. The fourth-order valence-electron chi connectivity index (χ4n) is 2.80. The minimum atomic E-state index is -4.11. The molecule has 4 heteroatoms. The number of alkyl halides is 3. The van der Waals surface area contributed by atoms with Crippen LogP contribution in [-0.2, 0) is 0 Å². The summed E-state index contributed by atoms with van der Waals surface area (Å²) < 4.78 is 38.3. The number of hydrogen-bond donors (Lipinski definition) is 1. The monoisotopic (exact) mass is 223 g/mol. The molecule has 1 rings (SSSR count). The summed E-state index contributed by atoms with van der Waals surface area (Å²) in [5.41, 5.74) is 0. The zero-order chi connectivity index (χ0) is 11.5. The Morgan fingerprint density at radius 1 is 1.27 bits per heavy atom. The van der Waals surface area contributed by atoms with Crippen molar-refractivity contribution in [3.05, 3.63) is 0 Å². The topological polar surface area (TPSA) is 12.0 Å². The molecule has 0 saturated heterocycles. The summed E-state index contributed by atoms with van der Waals surface area (Å²) in [4.78, 5) is 0. The van der Waals surface area contributed by atoms with Crippen LogP contribution in [0.4, 0.5) is 13.2 Å². The molecule has 0 bridgehead atoms. The van der Waals surface area contributed by atoms with Crippen LogP contribution in [0.25, 0.3) is 0 Å². The average Bonchev–Trinajstić information content (AvgIpc) is 2.17. The van der Waals surface area contributed by atoms with Gasteiger partial charge in [-0.15, -0.1) is 0 Å². The van der Waals surface area contributed by atoms with E-state index in [1.165, 1.54) is 7.05 Å². The molecule has 90 valence electrons. The molecular formula is C11H20F3N. The minimum absolute atomic E-state index is 0.228. The quantitative estimate of drug-likeness (QED) is 0.773. The molecule has 0 amide bonds. The van der Waals surface area contributed by atoms with Gasteiger partial charge in [0.2, 0.25) is 0 Å². The molecule has 0 aromatic heterocycles. The van der Waals surface area contributed by atoms with Crippen molar-refractivity contribution in [2.75, 3.05) is 7.05 Å². The van der Waals surface area contributed by atoms with Crippen LogP contribution in [0.3, 0.4) is 0 Å². The second kappa shape index (κ2) is 5.19. The molecule has 3 atom stereocenters. The van der Waals surface area contributed by atoms with Crippen molar-refractivity contribution in [3.8, 4) is 0 Å². The molecule has 0 heterocycles. The second-order valence-corrected chi connectivity index (χ2v) is 4.42. The molecule has 1 nitrogen and oxygen atoms in total. The van der Waals surface area contributed by atoms with E-state index in [2.05, 4.69) is 5.32 Å².